The molecule has 0 bridgehead atoms. The second-order valence-electron chi connectivity index (χ2n) is 6.99. The van der Waals surface area contributed by atoms with Gasteiger partial charge in [0, 0.05) is 5.39 Å². The van der Waals surface area contributed by atoms with Crippen LogP contribution in [-0.4, -0.2) is 10.2 Å². The van der Waals surface area contributed by atoms with E-state index in [-0.39, 0.29) is 0 Å². The molecule has 0 unspecified atom stereocenters. The number of nitrogens with zero attached hydrogens (tertiary/aromatic N) is 2. The van der Waals surface area contributed by atoms with Crippen molar-refractivity contribution in [1.82, 2.24) is 10.2 Å². The molecule has 27 heavy (non-hydrogen) atoms. The first kappa shape index (κ1) is 17.4. The monoisotopic (exact) mass is 352 g/mol. The number of hydrogen-bond donors (Lipinski definition) is 0. The highest BCUT2D eigenvalue weighted by Crippen LogP contribution is 2.25. The molecule has 0 aliphatic rings. The van der Waals surface area contributed by atoms with Gasteiger partial charge in [0.05, 0.1) is 11.2 Å². The molecular weight excluding hydrogens is 328 g/mol. The molecule has 134 valence electrons. The van der Waals surface area contributed by atoms with Crippen molar-refractivity contribution in [2.45, 2.75) is 32.6 Å². The van der Waals surface area contributed by atoms with Crippen molar-refractivity contribution >= 4 is 10.9 Å². The van der Waals surface area contributed by atoms with E-state index in [1.165, 1.54) is 34.1 Å². The molecule has 4 rings (SSSR count). The highest BCUT2D eigenvalue weighted by molar-refractivity contribution is 5.82. The summed E-state index contributed by atoms with van der Waals surface area (Å²) in [4.78, 5) is 0. The molecule has 2 heteroatoms. The number of fused-ring (bicyclic) bond motifs is 1. The van der Waals surface area contributed by atoms with Gasteiger partial charge < -0.3 is 0 Å². The molecule has 0 N–H and O–H groups in total. The van der Waals surface area contributed by atoms with E-state index < -0.39 is 0 Å². The van der Waals surface area contributed by atoms with Crippen LogP contribution in [0.1, 0.15) is 36.6 Å². The summed E-state index contributed by atoms with van der Waals surface area (Å²) >= 11 is 0. The Labute approximate surface area is 160 Å². The summed E-state index contributed by atoms with van der Waals surface area (Å²) in [5.41, 5.74) is 7.26. The largest absolute Gasteiger partial charge is 0.155 e. The zero-order chi connectivity index (χ0) is 18.5. The minimum Gasteiger partial charge on any atom is -0.155 e. The highest BCUT2D eigenvalue weighted by Gasteiger charge is 2.11. The lowest BCUT2D eigenvalue weighted by atomic mass is 9.96. The van der Waals surface area contributed by atoms with E-state index in [1.807, 2.05) is 12.1 Å². The lowest BCUT2D eigenvalue weighted by molar-refractivity contribution is 0.755. The van der Waals surface area contributed by atoms with Gasteiger partial charge in [-0.2, -0.15) is 10.2 Å². The van der Waals surface area contributed by atoms with Crippen molar-refractivity contribution in [1.29, 1.82) is 0 Å². The first-order valence-electron chi connectivity index (χ1n) is 9.72. The molecule has 0 amide bonds. The molecule has 0 saturated carbocycles. The van der Waals surface area contributed by atoms with Crippen LogP contribution in [-0.2, 0) is 12.8 Å². The molecule has 3 aromatic carbocycles. The Hall–Kier alpha value is -3.00. The number of benzene rings is 3. The standard InChI is InChI=1S/C25H24N2/c1-2-3-12-25-23(22-11-7-8-13-24(22)26-27-25)18-19-14-16-21(17-15-19)20-9-5-4-6-10-20/h4-11,13-17H,2-3,12,18H2,1H3. The Morgan fingerprint density at radius 2 is 1.41 bits per heavy atom. The topological polar surface area (TPSA) is 25.8 Å². The maximum absolute atomic E-state index is 4.56. The molecule has 4 aromatic rings. The van der Waals surface area contributed by atoms with Gasteiger partial charge in [0.1, 0.15) is 0 Å². The van der Waals surface area contributed by atoms with Gasteiger partial charge >= 0.3 is 0 Å². The van der Waals surface area contributed by atoms with Crippen molar-refractivity contribution in [2.75, 3.05) is 0 Å². The Bertz CT molecular complexity index is 1020. The van der Waals surface area contributed by atoms with Gasteiger partial charge in [-0.25, -0.2) is 0 Å². The maximum Gasteiger partial charge on any atom is 0.0932 e. The smallest absolute Gasteiger partial charge is 0.0932 e. The van der Waals surface area contributed by atoms with Crippen LogP contribution in [0.3, 0.4) is 0 Å². The molecule has 0 saturated heterocycles. The zero-order valence-corrected chi connectivity index (χ0v) is 15.7. The lowest BCUT2D eigenvalue weighted by Gasteiger charge is -2.12. The predicted molar refractivity (Wildman–Crippen MR) is 113 cm³/mol. The third-order valence-electron chi connectivity index (χ3n) is 5.07. The third-order valence-corrected chi connectivity index (χ3v) is 5.07. The summed E-state index contributed by atoms with van der Waals surface area (Å²) < 4.78 is 0. The first-order valence-corrected chi connectivity index (χ1v) is 9.72. The van der Waals surface area contributed by atoms with Gasteiger partial charge in [-0.05, 0) is 47.6 Å². The molecule has 0 aliphatic heterocycles. The number of rotatable bonds is 6. The number of unbranched alkanes of at least 4 members (excludes halogenated alkanes) is 1. The summed E-state index contributed by atoms with van der Waals surface area (Å²) in [5.74, 6) is 0. The minimum atomic E-state index is 0.893. The molecule has 1 aromatic heterocycles. The van der Waals surface area contributed by atoms with E-state index in [1.54, 1.807) is 0 Å². The summed E-state index contributed by atoms with van der Waals surface area (Å²) in [5, 5.41) is 10.2. The van der Waals surface area contributed by atoms with Crippen LogP contribution in [0.15, 0.2) is 78.9 Å². The molecule has 2 nitrogen and oxygen atoms in total. The van der Waals surface area contributed by atoms with Crippen LogP contribution in [0.2, 0.25) is 0 Å². The fourth-order valence-corrected chi connectivity index (χ4v) is 3.54. The molecular formula is C25H24N2. The summed E-state index contributed by atoms with van der Waals surface area (Å²) in [6.45, 7) is 2.22. The third kappa shape index (κ3) is 3.90. The molecule has 0 radical (unpaired) electrons. The van der Waals surface area contributed by atoms with E-state index in [0.717, 1.165) is 30.5 Å². The quantitative estimate of drug-likeness (QED) is 0.411. The fraction of sp³-hybridized carbons (Fsp3) is 0.200. The lowest BCUT2D eigenvalue weighted by Crippen LogP contribution is -2.03. The van der Waals surface area contributed by atoms with Crippen molar-refractivity contribution in [2.24, 2.45) is 0 Å². The van der Waals surface area contributed by atoms with Gasteiger partial charge in [-0.1, -0.05) is 86.1 Å². The van der Waals surface area contributed by atoms with E-state index in [2.05, 4.69) is 83.9 Å². The Balaban J connectivity index is 1.68. The van der Waals surface area contributed by atoms with Gasteiger partial charge in [0.2, 0.25) is 0 Å². The fourth-order valence-electron chi connectivity index (χ4n) is 3.54. The summed E-state index contributed by atoms with van der Waals surface area (Å²) in [6.07, 6.45) is 4.20. The van der Waals surface area contributed by atoms with Gasteiger partial charge in [-0.3, -0.25) is 0 Å². The Morgan fingerprint density at radius 3 is 2.19 bits per heavy atom. The SMILES string of the molecule is CCCCc1nnc2ccccc2c1Cc1ccc(-c2ccccc2)cc1. The zero-order valence-electron chi connectivity index (χ0n) is 15.7. The average Bonchev–Trinajstić information content (AvgIpc) is 2.74. The van der Waals surface area contributed by atoms with E-state index in [4.69, 9.17) is 0 Å². The summed E-state index contributed by atoms with van der Waals surface area (Å²) in [6, 6.07) is 27.8. The van der Waals surface area contributed by atoms with Crippen LogP contribution in [0.5, 0.6) is 0 Å². The molecule has 1 heterocycles. The normalized spacial score (nSPS) is 11.0. The number of hydrogen-bond acceptors (Lipinski definition) is 2. The van der Waals surface area contributed by atoms with E-state index >= 15 is 0 Å². The van der Waals surface area contributed by atoms with Gasteiger partial charge in [-0.15, -0.1) is 0 Å². The Kier molecular flexibility index (Phi) is 5.24. The molecule has 0 aliphatic carbocycles. The molecule has 0 fully saturated rings. The van der Waals surface area contributed by atoms with Crippen LogP contribution < -0.4 is 0 Å². The van der Waals surface area contributed by atoms with Crippen molar-refractivity contribution in [3.63, 3.8) is 0 Å². The van der Waals surface area contributed by atoms with Crippen LogP contribution >= 0.6 is 0 Å². The molecule has 0 spiro atoms. The Morgan fingerprint density at radius 1 is 0.704 bits per heavy atom. The van der Waals surface area contributed by atoms with Crippen molar-refractivity contribution in [3.05, 3.63) is 95.7 Å². The van der Waals surface area contributed by atoms with Crippen molar-refractivity contribution < 1.29 is 0 Å². The predicted octanol–water partition coefficient (Wildman–Crippen LogP) is 6.23. The second-order valence-corrected chi connectivity index (χ2v) is 6.99. The van der Waals surface area contributed by atoms with Crippen LogP contribution in [0.4, 0.5) is 0 Å². The first-order chi connectivity index (χ1) is 13.3. The number of aryl methyl sites for hydroxylation is 1. The van der Waals surface area contributed by atoms with Crippen LogP contribution in [0, 0.1) is 0 Å². The number of aromatic nitrogens is 2. The highest BCUT2D eigenvalue weighted by atomic mass is 15.1. The van der Waals surface area contributed by atoms with Gasteiger partial charge in [0.15, 0.2) is 0 Å². The molecule has 0 atom stereocenters. The maximum atomic E-state index is 4.56. The van der Waals surface area contributed by atoms with Crippen LogP contribution in [0.25, 0.3) is 22.0 Å². The van der Waals surface area contributed by atoms with Gasteiger partial charge in [0.25, 0.3) is 0 Å². The summed E-state index contributed by atoms with van der Waals surface area (Å²) in [7, 11) is 0. The van der Waals surface area contributed by atoms with E-state index in [0.29, 0.717) is 0 Å². The minimum absolute atomic E-state index is 0.893. The van der Waals surface area contributed by atoms with Crippen molar-refractivity contribution in [3.8, 4) is 11.1 Å². The average molecular weight is 352 g/mol. The second kappa shape index (κ2) is 8.13. The van der Waals surface area contributed by atoms with E-state index in [9.17, 15) is 0 Å².